The first kappa shape index (κ1) is 25.5. The van der Waals surface area contributed by atoms with Gasteiger partial charge in [0.2, 0.25) is 0 Å². The molecule has 0 fully saturated rings. The smallest absolute Gasteiger partial charge is 0.343 e. The number of non-ortho nitro benzene ring substituents is 1. The molecule has 188 valence electrons. The number of rotatable bonds is 8. The van der Waals surface area contributed by atoms with Crippen molar-refractivity contribution in [2.24, 2.45) is 5.10 Å². The number of carbonyl (C=O) groups excluding carboxylic acids is 3. The maximum absolute atomic E-state index is 12.7. The molecule has 38 heavy (non-hydrogen) atoms. The zero-order chi connectivity index (χ0) is 26.9. The molecule has 10 nitrogen and oxygen atoms in total. The predicted molar refractivity (Wildman–Crippen MR) is 137 cm³/mol. The molecule has 0 heterocycles. The summed E-state index contributed by atoms with van der Waals surface area (Å²) >= 11 is 0. The number of nitro benzene ring substituents is 1. The van der Waals surface area contributed by atoms with Crippen molar-refractivity contribution in [2.45, 2.75) is 0 Å². The van der Waals surface area contributed by atoms with E-state index in [1.165, 1.54) is 42.6 Å². The van der Waals surface area contributed by atoms with Crippen LogP contribution in [-0.4, -0.2) is 29.0 Å². The quantitative estimate of drug-likeness (QED) is 0.118. The van der Waals surface area contributed by atoms with Crippen LogP contribution < -0.4 is 14.9 Å². The molecule has 0 atom stereocenters. The van der Waals surface area contributed by atoms with Gasteiger partial charge in [0, 0.05) is 29.3 Å². The van der Waals surface area contributed by atoms with Crippen molar-refractivity contribution < 1.29 is 28.8 Å². The summed E-state index contributed by atoms with van der Waals surface area (Å²) in [5.41, 5.74) is 2.99. The van der Waals surface area contributed by atoms with E-state index in [0.29, 0.717) is 11.1 Å². The highest BCUT2D eigenvalue weighted by Crippen LogP contribution is 2.26. The highest BCUT2D eigenvalue weighted by Gasteiger charge is 2.15. The van der Waals surface area contributed by atoms with Crippen molar-refractivity contribution in [2.75, 3.05) is 0 Å². The van der Waals surface area contributed by atoms with Gasteiger partial charge in [-0.05, 0) is 42.5 Å². The van der Waals surface area contributed by atoms with E-state index in [1.54, 1.807) is 60.7 Å². The van der Waals surface area contributed by atoms with Crippen molar-refractivity contribution in [1.82, 2.24) is 5.43 Å². The first-order chi connectivity index (χ1) is 18.4. The van der Waals surface area contributed by atoms with Gasteiger partial charge in [0.05, 0.1) is 22.3 Å². The van der Waals surface area contributed by atoms with E-state index in [2.05, 4.69) is 10.5 Å². The summed E-state index contributed by atoms with van der Waals surface area (Å²) in [4.78, 5) is 47.8. The Morgan fingerprint density at radius 2 is 1.34 bits per heavy atom. The fourth-order valence-electron chi connectivity index (χ4n) is 3.23. The Balaban J connectivity index is 1.55. The Morgan fingerprint density at radius 1 is 0.737 bits per heavy atom. The minimum atomic E-state index is -0.679. The maximum Gasteiger partial charge on any atom is 0.343 e. The molecular weight excluding hydrogens is 490 g/mol. The second-order valence-corrected chi connectivity index (χ2v) is 7.72. The van der Waals surface area contributed by atoms with Crippen LogP contribution in [0.15, 0.2) is 108 Å². The Kier molecular flexibility index (Phi) is 7.95. The molecule has 0 aliphatic rings. The zero-order valence-corrected chi connectivity index (χ0v) is 19.6. The molecule has 0 aliphatic heterocycles. The van der Waals surface area contributed by atoms with Crippen LogP contribution in [0.1, 0.15) is 36.6 Å². The van der Waals surface area contributed by atoms with Crippen molar-refractivity contribution in [1.29, 1.82) is 0 Å². The molecular formula is C28H19N3O7. The summed E-state index contributed by atoms with van der Waals surface area (Å²) in [6.45, 7) is 0. The van der Waals surface area contributed by atoms with Crippen LogP contribution in [0.25, 0.3) is 0 Å². The van der Waals surface area contributed by atoms with Gasteiger partial charge in [0.25, 0.3) is 11.6 Å². The molecule has 0 saturated carbocycles. The summed E-state index contributed by atoms with van der Waals surface area (Å²) in [6.07, 6.45) is 1.23. The Hall–Kier alpha value is -5.64. The number of nitro groups is 1. The molecule has 0 bridgehead atoms. The van der Waals surface area contributed by atoms with Crippen LogP contribution >= 0.6 is 0 Å². The minimum absolute atomic E-state index is 0.0190. The average molecular weight is 509 g/mol. The number of amides is 1. The third kappa shape index (κ3) is 6.52. The van der Waals surface area contributed by atoms with Gasteiger partial charge in [-0.2, -0.15) is 5.10 Å². The van der Waals surface area contributed by atoms with E-state index in [0.717, 1.165) is 6.07 Å². The van der Waals surface area contributed by atoms with E-state index in [4.69, 9.17) is 9.47 Å². The summed E-state index contributed by atoms with van der Waals surface area (Å²) in [7, 11) is 0. The SMILES string of the molecule is O=C(NN=Cc1ccc(OC(=O)c2ccccc2)cc1OC(=O)c1ccccc1)c1cccc([N+](=O)[O-])c1. The molecule has 0 saturated heterocycles. The molecule has 0 radical (unpaired) electrons. The summed E-state index contributed by atoms with van der Waals surface area (Å²) in [6, 6.07) is 26.1. The van der Waals surface area contributed by atoms with Crippen LogP contribution in [0.3, 0.4) is 0 Å². The van der Waals surface area contributed by atoms with Crippen LogP contribution in [0.5, 0.6) is 11.5 Å². The topological polar surface area (TPSA) is 137 Å². The normalized spacial score (nSPS) is 10.5. The number of hydrogen-bond acceptors (Lipinski definition) is 8. The lowest BCUT2D eigenvalue weighted by Gasteiger charge is -2.10. The van der Waals surface area contributed by atoms with Gasteiger partial charge in [0.1, 0.15) is 11.5 Å². The second kappa shape index (κ2) is 11.9. The first-order valence-electron chi connectivity index (χ1n) is 11.2. The molecule has 4 rings (SSSR count). The van der Waals surface area contributed by atoms with Crippen molar-refractivity contribution >= 4 is 29.7 Å². The number of benzene rings is 4. The van der Waals surface area contributed by atoms with Crippen LogP contribution in [0.4, 0.5) is 5.69 Å². The summed E-state index contributed by atoms with van der Waals surface area (Å²) < 4.78 is 10.9. The zero-order valence-electron chi connectivity index (χ0n) is 19.6. The van der Waals surface area contributed by atoms with Crippen LogP contribution in [-0.2, 0) is 0 Å². The molecule has 0 spiro atoms. The Morgan fingerprint density at radius 3 is 1.97 bits per heavy atom. The Bertz CT molecular complexity index is 1520. The predicted octanol–water partition coefficient (Wildman–Crippen LogP) is 4.80. The first-order valence-corrected chi connectivity index (χ1v) is 11.2. The van der Waals surface area contributed by atoms with Gasteiger partial charge in [-0.15, -0.1) is 0 Å². The standard InChI is InChI=1S/C28H19N3O7/c32-26(21-12-7-13-23(16-21)31(35)36)30-29-18-22-14-15-24(37-27(33)19-8-3-1-4-9-19)17-25(22)38-28(34)20-10-5-2-6-11-20/h1-18H,(H,30,32). The molecule has 4 aromatic rings. The van der Waals surface area contributed by atoms with E-state index in [-0.39, 0.29) is 28.3 Å². The van der Waals surface area contributed by atoms with Gasteiger partial charge >= 0.3 is 11.9 Å². The van der Waals surface area contributed by atoms with Crippen LogP contribution in [0.2, 0.25) is 0 Å². The van der Waals surface area contributed by atoms with Gasteiger partial charge in [0.15, 0.2) is 0 Å². The molecule has 0 aromatic heterocycles. The lowest BCUT2D eigenvalue weighted by molar-refractivity contribution is -0.384. The van der Waals surface area contributed by atoms with E-state index in [1.807, 2.05) is 0 Å². The van der Waals surface area contributed by atoms with Gasteiger partial charge in [-0.3, -0.25) is 14.9 Å². The van der Waals surface area contributed by atoms with Crippen LogP contribution in [0, 0.1) is 10.1 Å². The van der Waals surface area contributed by atoms with E-state index < -0.39 is 22.8 Å². The fraction of sp³-hybridized carbons (Fsp3) is 0. The maximum atomic E-state index is 12.7. The Labute approximate surface area is 216 Å². The van der Waals surface area contributed by atoms with Gasteiger partial charge in [-0.1, -0.05) is 42.5 Å². The van der Waals surface area contributed by atoms with Crippen molar-refractivity contribution in [3.8, 4) is 11.5 Å². The highest BCUT2D eigenvalue weighted by atomic mass is 16.6. The van der Waals surface area contributed by atoms with E-state index in [9.17, 15) is 24.5 Å². The van der Waals surface area contributed by atoms with Crippen molar-refractivity contribution in [3.63, 3.8) is 0 Å². The third-order valence-corrected chi connectivity index (χ3v) is 5.11. The molecule has 0 aliphatic carbocycles. The third-order valence-electron chi connectivity index (χ3n) is 5.11. The monoisotopic (exact) mass is 509 g/mol. The highest BCUT2D eigenvalue weighted by molar-refractivity contribution is 5.96. The minimum Gasteiger partial charge on any atom is -0.423 e. The fourth-order valence-corrected chi connectivity index (χ4v) is 3.23. The van der Waals surface area contributed by atoms with Crippen molar-refractivity contribution in [3.05, 3.63) is 135 Å². The number of nitrogens with zero attached hydrogens (tertiary/aromatic N) is 2. The molecule has 4 aromatic carbocycles. The summed E-state index contributed by atoms with van der Waals surface area (Å²) in [5, 5.41) is 14.8. The van der Waals surface area contributed by atoms with Gasteiger partial charge < -0.3 is 9.47 Å². The number of hydrogen-bond donors (Lipinski definition) is 1. The molecule has 1 N–H and O–H groups in total. The average Bonchev–Trinajstić information content (AvgIpc) is 2.95. The number of carbonyl (C=O) groups is 3. The second-order valence-electron chi connectivity index (χ2n) is 7.72. The molecule has 0 unspecified atom stereocenters. The number of nitrogens with one attached hydrogen (secondary N) is 1. The summed E-state index contributed by atoms with van der Waals surface area (Å²) in [5.74, 6) is -1.80. The number of hydrazone groups is 1. The van der Waals surface area contributed by atoms with E-state index >= 15 is 0 Å². The number of esters is 2. The van der Waals surface area contributed by atoms with Gasteiger partial charge in [-0.25, -0.2) is 15.0 Å². The lowest BCUT2D eigenvalue weighted by atomic mass is 10.2. The largest absolute Gasteiger partial charge is 0.423 e. The number of ether oxygens (including phenoxy) is 2. The molecule has 1 amide bonds. The molecule has 10 heteroatoms. The lowest BCUT2D eigenvalue weighted by Crippen LogP contribution is -2.18.